The van der Waals surface area contributed by atoms with Crippen molar-refractivity contribution in [2.45, 2.75) is 6.18 Å². The summed E-state index contributed by atoms with van der Waals surface area (Å²) in [5, 5.41) is 0.00398. The van der Waals surface area contributed by atoms with E-state index in [4.69, 9.17) is 32.7 Å². The van der Waals surface area contributed by atoms with Crippen LogP contribution in [0.4, 0.5) is 13.2 Å². The summed E-state index contributed by atoms with van der Waals surface area (Å²) in [6.07, 6.45) is -4.45. The maximum Gasteiger partial charge on any atom is 0.416 e. The van der Waals surface area contributed by atoms with E-state index >= 15 is 0 Å². The lowest BCUT2D eigenvalue weighted by Crippen LogP contribution is -2.12. The Morgan fingerprint density at radius 1 is 1.26 bits per heavy atom. The molecular formula is C13H8Cl2F3NO3S. The summed E-state index contributed by atoms with van der Waals surface area (Å²) < 4.78 is 51.3. The smallest absolute Gasteiger partial charge is 0.416 e. The first-order valence-electron chi connectivity index (χ1n) is 6.07. The molecule has 10 heteroatoms. The molecule has 0 aliphatic rings. The number of carbonyl (C=O) groups is 1. The first-order valence-corrected chi connectivity index (χ1v) is 7.60. The topological polar surface area (TPSA) is 48.4 Å². The molecule has 0 bridgehead atoms. The van der Waals surface area contributed by atoms with Gasteiger partial charge in [-0.15, -0.1) is 0 Å². The molecule has 1 heterocycles. The molecule has 0 N–H and O–H groups in total. The Morgan fingerprint density at radius 2 is 2.00 bits per heavy atom. The highest BCUT2D eigenvalue weighted by Crippen LogP contribution is 2.31. The van der Waals surface area contributed by atoms with Crippen LogP contribution in [0.15, 0.2) is 24.3 Å². The third-order valence-corrected chi connectivity index (χ3v) is 4.31. The number of carbonyl (C=O) groups excluding carboxylic acids is 1. The molecule has 4 nitrogen and oxygen atoms in total. The molecule has 0 spiro atoms. The molecule has 0 aliphatic carbocycles. The Kier molecular flexibility index (Phi) is 5.72. The fraction of sp³-hybridized carbons (Fsp3) is 0.231. The number of aromatic nitrogens is 1. The lowest BCUT2D eigenvalue weighted by Gasteiger charge is -2.10. The monoisotopic (exact) mass is 385 g/mol. The van der Waals surface area contributed by atoms with Gasteiger partial charge < -0.3 is 9.47 Å². The largest absolute Gasteiger partial charge is 0.490 e. The molecule has 0 saturated carbocycles. The van der Waals surface area contributed by atoms with Crippen LogP contribution in [0.3, 0.4) is 0 Å². The van der Waals surface area contributed by atoms with Gasteiger partial charge in [0.25, 0.3) is 0 Å². The minimum absolute atomic E-state index is 0.000429. The third kappa shape index (κ3) is 4.73. The summed E-state index contributed by atoms with van der Waals surface area (Å²) in [5.74, 6) is -0.707. The van der Waals surface area contributed by atoms with Gasteiger partial charge in [-0.3, -0.25) is 0 Å². The van der Waals surface area contributed by atoms with E-state index in [1.54, 1.807) is 0 Å². The average Bonchev–Trinajstić information content (AvgIpc) is 2.83. The lowest BCUT2D eigenvalue weighted by atomic mass is 10.2. The normalized spacial score (nSPS) is 11.3. The zero-order chi connectivity index (χ0) is 17.0. The van der Waals surface area contributed by atoms with Crippen molar-refractivity contribution in [3.05, 3.63) is 44.9 Å². The molecule has 2 rings (SSSR count). The Bertz CT molecular complexity index is 706. The van der Waals surface area contributed by atoms with E-state index in [1.807, 2.05) is 0 Å². The van der Waals surface area contributed by atoms with Crippen molar-refractivity contribution >= 4 is 40.7 Å². The number of benzene rings is 1. The van der Waals surface area contributed by atoms with Crippen molar-refractivity contribution in [2.75, 3.05) is 13.2 Å². The van der Waals surface area contributed by atoms with Gasteiger partial charge in [0.1, 0.15) is 24.0 Å². The SMILES string of the molecule is O=C(OCCOc1cccc(C(F)(F)F)c1)c1snc(Cl)c1Cl. The van der Waals surface area contributed by atoms with Crippen molar-refractivity contribution < 1.29 is 27.4 Å². The van der Waals surface area contributed by atoms with Gasteiger partial charge in [-0.2, -0.15) is 17.5 Å². The number of rotatable bonds is 5. The van der Waals surface area contributed by atoms with E-state index < -0.39 is 17.7 Å². The molecule has 0 radical (unpaired) electrons. The number of hydrogen-bond donors (Lipinski definition) is 0. The fourth-order valence-electron chi connectivity index (χ4n) is 1.51. The summed E-state index contributed by atoms with van der Waals surface area (Å²) in [4.78, 5) is 11.7. The predicted octanol–water partition coefficient (Wildman–Crippen LogP) is 4.70. The first-order chi connectivity index (χ1) is 10.8. The molecule has 0 amide bonds. The third-order valence-electron chi connectivity index (χ3n) is 2.53. The lowest BCUT2D eigenvalue weighted by molar-refractivity contribution is -0.137. The minimum Gasteiger partial charge on any atom is -0.490 e. The number of halogens is 5. The van der Waals surface area contributed by atoms with Crippen LogP contribution in [0, 0.1) is 0 Å². The summed E-state index contributed by atoms with van der Waals surface area (Å²) in [5.41, 5.74) is -0.821. The zero-order valence-corrected chi connectivity index (χ0v) is 13.5. The summed E-state index contributed by atoms with van der Waals surface area (Å²) >= 11 is 12.1. The van der Waals surface area contributed by atoms with E-state index in [1.165, 1.54) is 12.1 Å². The number of hydrogen-bond acceptors (Lipinski definition) is 5. The van der Waals surface area contributed by atoms with Crippen LogP contribution in [-0.4, -0.2) is 23.6 Å². The Balaban J connectivity index is 1.84. The Morgan fingerprint density at radius 3 is 2.61 bits per heavy atom. The van der Waals surface area contributed by atoms with Crippen LogP contribution in [0.5, 0.6) is 5.75 Å². The van der Waals surface area contributed by atoms with Gasteiger partial charge >= 0.3 is 12.1 Å². The first kappa shape index (κ1) is 17.8. The van der Waals surface area contributed by atoms with Crippen molar-refractivity contribution in [1.29, 1.82) is 0 Å². The second-order valence-electron chi connectivity index (χ2n) is 4.13. The van der Waals surface area contributed by atoms with Crippen molar-refractivity contribution in [1.82, 2.24) is 4.37 Å². The van der Waals surface area contributed by atoms with E-state index in [2.05, 4.69) is 4.37 Å². The molecule has 0 saturated heterocycles. The van der Waals surface area contributed by atoms with Gasteiger partial charge in [0.15, 0.2) is 10.0 Å². The number of esters is 1. The second kappa shape index (κ2) is 7.37. The molecule has 0 atom stereocenters. The summed E-state index contributed by atoms with van der Waals surface area (Å²) in [6, 6.07) is 4.39. The van der Waals surface area contributed by atoms with Crippen LogP contribution in [0.25, 0.3) is 0 Å². The zero-order valence-electron chi connectivity index (χ0n) is 11.2. The molecule has 2 aromatic rings. The van der Waals surface area contributed by atoms with E-state index in [9.17, 15) is 18.0 Å². The standard InChI is InChI=1S/C13H8Cl2F3NO3S/c14-9-10(23-19-11(9)15)12(20)22-5-4-21-8-3-1-2-7(6-8)13(16,17)18/h1-3,6H,4-5H2. The van der Waals surface area contributed by atoms with E-state index in [0.717, 1.165) is 23.7 Å². The molecule has 0 fully saturated rings. The van der Waals surface area contributed by atoms with Gasteiger partial charge in [-0.05, 0) is 29.7 Å². The predicted molar refractivity (Wildman–Crippen MR) is 79.4 cm³/mol. The highest BCUT2D eigenvalue weighted by molar-refractivity contribution is 7.09. The molecule has 0 aliphatic heterocycles. The number of alkyl halides is 3. The highest BCUT2D eigenvalue weighted by atomic mass is 35.5. The quantitative estimate of drug-likeness (QED) is 0.552. The fourth-order valence-corrected chi connectivity index (χ4v) is 2.61. The Labute approximate surface area is 142 Å². The molecule has 1 aromatic heterocycles. The maximum atomic E-state index is 12.5. The number of ether oxygens (including phenoxy) is 2. The van der Waals surface area contributed by atoms with Crippen LogP contribution in [-0.2, 0) is 10.9 Å². The molecular weight excluding hydrogens is 378 g/mol. The highest BCUT2D eigenvalue weighted by Gasteiger charge is 2.30. The second-order valence-corrected chi connectivity index (χ2v) is 5.64. The van der Waals surface area contributed by atoms with E-state index in [-0.39, 0.29) is 34.0 Å². The Hall–Kier alpha value is -1.51. The molecule has 124 valence electrons. The molecule has 0 unspecified atom stereocenters. The van der Waals surface area contributed by atoms with Crippen molar-refractivity contribution in [3.8, 4) is 5.75 Å². The molecule has 1 aromatic carbocycles. The maximum absolute atomic E-state index is 12.5. The van der Waals surface area contributed by atoms with Crippen LogP contribution >= 0.6 is 34.7 Å². The minimum atomic E-state index is -4.45. The van der Waals surface area contributed by atoms with Crippen LogP contribution < -0.4 is 4.74 Å². The number of nitrogens with zero attached hydrogens (tertiary/aromatic N) is 1. The van der Waals surface area contributed by atoms with Gasteiger partial charge in [0, 0.05) is 0 Å². The van der Waals surface area contributed by atoms with Gasteiger partial charge in [0.05, 0.1) is 5.56 Å². The van der Waals surface area contributed by atoms with Gasteiger partial charge in [-0.25, -0.2) is 4.79 Å². The van der Waals surface area contributed by atoms with Crippen molar-refractivity contribution in [2.24, 2.45) is 0 Å². The van der Waals surface area contributed by atoms with E-state index in [0.29, 0.717) is 0 Å². The van der Waals surface area contributed by atoms with Crippen LogP contribution in [0.2, 0.25) is 10.2 Å². The summed E-state index contributed by atoms with van der Waals surface area (Å²) in [7, 11) is 0. The molecule has 23 heavy (non-hydrogen) atoms. The van der Waals surface area contributed by atoms with Gasteiger partial charge in [-0.1, -0.05) is 29.3 Å². The van der Waals surface area contributed by atoms with Crippen LogP contribution in [0.1, 0.15) is 15.2 Å². The summed E-state index contributed by atoms with van der Waals surface area (Å²) in [6.45, 7) is -0.280. The average molecular weight is 386 g/mol. The van der Waals surface area contributed by atoms with Crippen molar-refractivity contribution in [3.63, 3.8) is 0 Å². The van der Waals surface area contributed by atoms with Gasteiger partial charge in [0.2, 0.25) is 0 Å².